The van der Waals surface area contributed by atoms with Crippen LogP contribution in [0.25, 0.3) is 12.2 Å². The smallest absolute Gasteiger partial charge is 0.303 e. The highest BCUT2D eigenvalue weighted by atomic mass is 32.2. The zero-order chi connectivity index (χ0) is 46.1. The van der Waals surface area contributed by atoms with E-state index in [0.29, 0.717) is 92.5 Å². The number of aliphatic carboxylic acids is 2. The van der Waals surface area contributed by atoms with Gasteiger partial charge in [0.1, 0.15) is 56.5 Å². The summed E-state index contributed by atoms with van der Waals surface area (Å²) in [5.74, 6) is 1.29. The second-order valence-electron chi connectivity index (χ2n) is 13.8. The van der Waals surface area contributed by atoms with Gasteiger partial charge in [-0.2, -0.15) is 0 Å². The first-order valence-corrected chi connectivity index (χ1v) is 21.4. The SMILES string of the molecule is COc1cc(OC)c(/C=C/C(c2ccc(OC)c(NCCCC(=O)O)c2)S(=O)(=O)C(/C=C/c2c(OC)cc(OC)cc2OC)c2ccc(OC)c(NCCCC(=O)O)c2)c(OC)c1. The van der Waals surface area contributed by atoms with Gasteiger partial charge in [0.05, 0.1) is 79.4 Å². The van der Waals surface area contributed by atoms with Gasteiger partial charge in [0.25, 0.3) is 0 Å². The standard InChI is InChI=1S/C46H56N2O14S/c1-55-31-25-39(59-5)33(40(26-31)60-6)15-19-43(29-13-17-37(57-3)35(23-29)47-21-9-11-45(49)50)63(53,54)44(20-16-34-41(61-7)27-32(56-2)28-42(34)62-8)30-14-18-38(58-4)36(24-30)48-22-10-12-46(51)52/h13-20,23-28,43-44,47-48H,9-12,21-22H2,1-8H3,(H,49,50)(H,51,52)/b19-15+,20-16+. The molecule has 16 nitrogen and oxygen atoms in total. The summed E-state index contributed by atoms with van der Waals surface area (Å²) in [5.41, 5.74) is 2.48. The van der Waals surface area contributed by atoms with Crippen molar-refractivity contribution < 1.29 is 66.1 Å². The summed E-state index contributed by atoms with van der Waals surface area (Å²) in [7, 11) is 7.44. The zero-order valence-electron chi connectivity index (χ0n) is 36.7. The van der Waals surface area contributed by atoms with Crippen molar-refractivity contribution >= 4 is 45.3 Å². The third-order valence-corrected chi connectivity index (χ3v) is 12.2. The molecule has 0 aliphatic rings. The molecule has 2 atom stereocenters. The zero-order valence-corrected chi connectivity index (χ0v) is 37.5. The lowest BCUT2D eigenvalue weighted by molar-refractivity contribution is -0.138. The molecular weight excluding hydrogens is 837 g/mol. The highest BCUT2D eigenvalue weighted by Crippen LogP contribution is 2.44. The molecule has 0 saturated heterocycles. The minimum Gasteiger partial charge on any atom is -0.496 e. The molecule has 0 aromatic heterocycles. The maximum Gasteiger partial charge on any atom is 0.303 e. The number of carboxylic acids is 2. The molecule has 0 radical (unpaired) electrons. The molecular formula is C46H56N2O14S. The highest BCUT2D eigenvalue weighted by Gasteiger charge is 2.35. The average Bonchev–Trinajstić information content (AvgIpc) is 3.28. The fourth-order valence-electron chi connectivity index (χ4n) is 6.75. The van der Waals surface area contributed by atoms with E-state index in [4.69, 9.17) is 37.9 Å². The Labute approximate surface area is 368 Å². The molecule has 0 aliphatic heterocycles. The van der Waals surface area contributed by atoms with Crippen LogP contribution in [0, 0.1) is 0 Å². The van der Waals surface area contributed by atoms with Crippen LogP contribution in [0.4, 0.5) is 11.4 Å². The van der Waals surface area contributed by atoms with E-state index in [1.807, 2.05) is 0 Å². The number of hydrogen-bond acceptors (Lipinski definition) is 14. The number of rotatable bonds is 26. The van der Waals surface area contributed by atoms with E-state index in [0.717, 1.165) is 0 Å². The molecule has 4 N–H and O–H groups in total. The Hall–Kier alpha value is -6.75. The van der Waals surface area contributed by atoms with Crippen LogP contribution < -0.4 is 48.5 Å². The van der Waals surface area contributed by atoms with Crippen LogP contribution in [-0.2, 0) is 19.4 Å². The number of nitrogens with one attached hydrogen (secondary N) is 2. The van der Waals surface area contributed by atoms with Crippen molar-refractivity contribution in [3.05, 3.63) is 95.1 Å². The Kier molecular flexibility index (Phi) is 18.2. The van der Waals surface area contributed by atoms with Crippen molar-refractivity contribution in [2.45, 2.75) is 36.2 Å². The molecule has 340 valence electrons. The third-order valence-electron chi connectivity index (χ3n) is 9.96. The Bertz CT molecular complexity index is 2160. The molecule has 4 rings (SSSR count). The van der Waals surface area contributed by atoms with E-state index in [1.165, 1.54) is 56.9 Å². The largest absolute Gasteiger partial charge is 0.496 e. The van der Waals surface area contributed by atoms with Gasteiger partial charge in [-0.25, -0.2) is 8.42 Å². The summed E-state index contributed by atoms with van der Waals surface area (Å²) in [5, 5.41) is 22.1. The summed E-state index contributed by atoms with van der Waals surface area (Å²) in [6.45, 7) is 0.537. The molecule has 4 aromatic carbocycles. The maximum absolute atomic E-state index is 15.8. The second-order valence-corrected chi connectivity index (χ2v) is 16.0. The molecule has 0 amide bonds. The number of sulfone groups is 1. The lowest BCUT2D eigenvalue weighted by atomic mass is 10.1. The molecule has 0 bridgehead atoms. The van der Waals surface area contributed by atoms with Crippen LogP contribution in [0.1, 0.15) is 58.4 Å². The van der Waals surface area contributed by atoms with Crippen molar-refractivity contribution in [2.75, 3.05) is 80.6 Å². The van der Waals surface area contributed by atoms with Gasteiger partial charge in [-0.1, -0.05) is 24.3 Å². The van der Waals surface area contributed by atoms with Crippen LogP contribution >= 0.6 is 0 Å². The number of carboxylic acid groups (broad SMARTS) is 2. The van der Waals surface area contributed by atoms with E-state index in [2.05, 4.69) is 10.6 Å². The Morgan fingerprint density at radius 2 is 0.857 bits per heavy atom. The molecule has 0 spiro atoms. The summed E-state index contributed by atoms with van der Waals surface area (Å²) in [4.78, 5) is 22.5. The maximum atomic E-state index is 15.8. The molecule has 17 heteroatoms. The quantitative estimate of drug-likeness (QED) is 0.0442. The minimum atomic E-state index is -4.44. The topological polar surface area (TPSA) is 207 Å². The average molecular weight is 893 g/mol. The van der Waals surface area contributed by atoms with Crippen LogP contribution in [0.15, 0.2) is 72.8 Å². The van der Waals surface area contributed by atoms with E-state index in [1.54, 1.807) is 85.0 Å². The van der Waals surface area contributed by atoms with Gasteiger partial charge >= 0.3 is 11.9 Å². The van der Waals surface area contributed by atoms with Gasteiger partial charge in [-0.15, -0.1) is 0 Å². The molecule has 0 saturated carbocycles. The minimum absolute atomic E-state index is 0.0731. The van der Waals surface area contributed by atoms with E-state index >= 15 is 8.42 Å². The highest BCUT2D eigenvalue weighted by molar-refractivity contribution is 7.92. The van der Waals surface area contributed by atoms with Gasteiger partial charge < -0.3 is 58.7 Å². The molecule has 2 unspecified atom stereocenters. The summed E-state index contributed by atoms with van der Waals surface area (Å²) in [6, 6.07) is 16.5. The third kappa shape index (κ3) is 12.7. The summed E-state index contributed by atoms with van der Waals surface area (Å²) in [6.07, 6.45) is 6.77. The van der Waals surface area contributed by atoms with Crippen LogP contribution in [0.2, 0.25) is 0 Å². The molecule has 4 aromatic rings. The number of methoxy groups -OCH3 is 8. The molecule has 0 fully saturated rings. The normalized spacial score (nSPS) is 12.3. The van der Waals surface area contributed by atoms with E-state index < -0.39 is 32.3 Å². The van der Waals surface area contributed by atoms with Crippen molar-refractivity contribution in [3.8, 4) is 46.0 Å². The number of ether oxygens (including phenoxy) is 8. The first kappa shape index (κ1) is 48.9. The van der Waals surface area contributed by atoms with Crippen molar-refractivity contribution in [2.24, 2.45) is 0 Å². The fraction of sp³-hybridized carbons (Fsp3) is 0.348. The van der Waals surface area contributed by atoms with Crippen LogP contribution in [0.3, 0.4) is 0 Å². The Morgan fingerprint density at radius 3 is 1.14 bits per heavy atom. The Balaban J connectivity index is 2.04. The number of anilines is 2. The van der Waals surface area contributed by atoms with E-state index in [-0.39, 0.29) is 25.9 Å². The van der Waals surface area contributed by atoms with Gasteiger partial charge in [0, 0.05) is 50.2 Å². The van der Waals surface area contributed by atoms with E-state index in [9.17, 15) is 19.8 Å². The molecule has 0 heterocycles. The second kappa shape index (κ2) is 23.5. The lowest BCUT2D eigenvalue weighted by Crippen LogP contribution is -2.20. The first-order chi connectivity index (χ1) is 30.3. The van der Waals surface area contributed by atoms with Crippen LogP contribution in [-0.4, -0.2) is 101 Å². The van der Waals surface area contributed by atoms with Crippen molar-refractivity contribution in [1.29, 1.82) is 0 Å². The van der Waals surface area contributed by atoms with Crippen molar-refractivity contribution in [1.82, 2.24) is 0 Å². The Morgan fingerprint density at radius 1 is 0.524 bits per heavy atom. The number of hydrogen-bond donors (Lipinski definition) is 4. The number of benzene rings is 4. The first-order valence-electron chi connectivity index (χ1n) is 19.7. The monoisotopic (exact) mass is 892 g/mol. The van der Waals surface area contributed by atoms with Gasteiger partial charge in [0.2, 0.25) is 0 Å². The summed E-state index contributed by atoms with van der Waals surface area (Å²) >= 11 is 0. The number of carbonyl (C=O) groups is 2. The summed E-state index contributed by atoms with van der Waals surface area (Å²) < 4.78 is 76.5. The fourth-order valence-corrected chi connectivity index (χ4v) is 8.71. The predicted molar refractivity (Wildman–Crippen MR) is 241 cm³/mol. The van der Waals surface area contributed by atoms with Crippen LogP contribution in [0.5, 0.6) is 46.0 Å². The van der Waals surface area contributed by atoms with Gasteiger partial charge in [0.15, 0.2) is 9.84 Å². The predicted octanol–water partition coefficient (Wildman–Crippen LogP) is 7.93. The van der Waals surface area contributed by atoms with Gasteiger partial charge in [-0.05, 0) is 60.4 Å². The van der Waals surface area contributed by atoms with Gasteiger partial charge in [-0.3, -0.25) is 9.59 Å². The molecule has 63 heavy (non-hydrogen) atoms. The van der Waals surface area contributed by atoms with Crippen molar-refractivity contribution in [3.63, 3.8) is 0 Å². The lowest BCUT2D eigenvalue weighted by Gasteiger charge is -2.24. The molecule has 0 aliphatic carbocycles.